The molecule has 2 aromatic carbocycles. The number of carbonyl (C=O) groups excluding carboxylic acids is 1. The quantitative estimate of drug-likeness (QED) is 0.774. The second-order valence-electron chi connectivity index (χ2n) is 6.05. The van der Waals surface area contributed by atoms with Crippen LogP contribution >= 0.6 is 0 Å². The van der Waals surface area contributed by atoms with E-state index in [1.165, 1.54) is 0 Å². The molecule has 2 N–H and O–H groups in total. The zero-order valence-corrected chi connectivity index (χ0v) is 14.5. The van der Waals surface area contributed by atoms with Crippen molar-refractivity contribution in [3.05, 3.63) is 65.2 Å². The summed E-state index contributed by atoms with van der Waals surface area (Å²) in [6, 6.07) is 14.2. The van der Waals surface area contributed by atoms with Gasteiger partial charge in [-0.2, -0.15) is 0 Å². The molecule has 0 aliphatic carbocycles. The molecule has 0 saturated heterocycles. The summed E-state index contributed by atoms with van der Waals surface area (Å²) in [7, 11) is 0. The smallest absolute Gasteiger partial charge is 0.335 e. The average molecular weight is 341 g/mol. The Morgan fingerprint density at radius 3 is 2.40 bits per heavy atom. The Balaban J connectivity index is 1.84. The van der Waals surface area contributed by atoms with Crippen molar-refractivity contribution in [2.75, 3.05) is 6.54 Å². The highest BCUT2D eigenvalue weighted by atomic mass is 16.5. The molecule has 0 radical (unpaired) electrons. The Morgan fingerprint density at radius 2 is 1.76 bits per heavy atom. The maximum Gasteiger partial charge on any atom is 0.335 e. The lowest BCUT2D eigenvalue weighted by atomic mass is 10.1. The van der Waals surface area contributed by atoms with E-state index in [0.29, 0.717) is 13.0 Å². The van der Waals surface area contributed by atoms with E-state index < -0.39 is 5.97 Å². The van der Waals surface area contributed by atoms with Crippen molar-refractivity contribution >= 4 is 11.9 Å². The number of amides is 1. The van der Waals surface area contributed by atoms with E-state index in [0.717, 1.165) is 16.9 Å². The van der Waals surface area contributed by atoms with E-state index in [-0.39, 0.29) is 24.0 Å². The number of carboxylic acid groups (broad SMARTS) is 1. The van der Waals surface area contributed by atoms with Crippen LogP contribution in [0, 0.1) is 0 Å². The predicted molar refractivity (Wildman–Crippen MR) is 96.0 cm³/mol. The Labute approximate surface area is 147 Å². The Kier molecular flexibility index (Phi) is 6.57. The number of para-hydroxylation sites is 1. The van der Waals surface area contributed by atoms with Gasteiger partial charge < -0.3 is 15.2 Å². The molecule has 0 spiro atoms. The molecule has 0 saturated carbocycles. The third kappa shape index (κ3) is 5.95. The first-order valence-electron chi connectivity index (χ1n) is 8.29. The molecule has 2 rings (SSSR count). The number of benzene rings is 2. The van der Waals surface area contributed by atoms with Gasteiger partial charge in [0.05, 0.1) is 18.1 Å². The predicted octanol–water partition coefficient (Wildman–Crippen LogP) is 3.07. The molecule has 0 bridgehead atoms. The number of nitrogens with one attached hydrogen (secondary N) is 1. The van der Waals surface area contributed by atoms with Crippen molar-refractivity contribution in [3.8, 4) is 5.75 Å². The number of carbonyl (C=O) groups is 2. The van der Waals surface area contributed by atoms with E-state index in [1.807, 2.05) is 38.1 Å². The maximum atomic E-state index is 12.1. The molecule has 0 fully saturated rings. The third-order valence-electron chi connectivity index (χ3n) is 3.62. The lowest BCUT2D eigenvalue weighted by molar-refractivity contribution is -0.120. The minimum Gasteiger partial charge on any atom is -0.491 e. The number of ether oxygens (including phenoxy) is 1. The van der Waals surface area contributed by atoms with Gasteiger partial charge >= 0.3 is 5.97 Å². The van der Waals surface area contributed by atoms with Gasteiger partial charge in [0.1, 0.15) is 5.75 Å². The molecule has 1 amide bonds. The second-order valence-corrected chi connectivity index (χ2v) is 6.05. The van der Waals surface area contributed by atoms with Crippen molar-refractivity contribution in [1.29, 1.82) is 0 Å². The van der Waals surface area contributed by atoms with Crippen LogP contribution in [0.2, 0.25) is 0 Å². The van der Waals surface area contributed by atoms with Gasteiger partial charge in [0, 0.05) is 12.1 Å². The molecule has 0 aliphatic rings. The fourth-order valence-electron chi connectivity index (χ4n) is 2.41. The minimum atomic E-state index is -0.942. The topological polar surface area (TPSA) is 75.6 Å². The molecule has 0 atom stereocenters. The molecule has 0 aromatic heterocycles. The molecule has 0 aliphatic heterocycles. The standard InChI is InChI=1S/C20H23NO4/c1-14(2)25-18-6-4-3-5-17(18)13-19(22)21-12-11-15-7-9-16(10-8-15)20(23)24/h3-10,14H,11-13H2,1-2H3,(H,21,22)(H,23,24). The van der Waals surface area contributed by atoms with Gasteiger partial charge in [-0.25, -0.2) is 4.79 Å². The number of hydrogen-bond acceptors (Lipinski definition) is 3. The fraction of sp³-hybridized carbons (Fsp3) is 0.300. The lowest BCUT2D eigenvalue weighted by Crippen LogP contribution is -2.27. The summed E-state index contributed by atoms with van der Waals surface area (Å²) in [5, 5.41) is 11.8. The molecule has 0 unspecified atom stereocenters. The van der Waals surface area contributed by atoms with Gasteiger partial charge in [0.25, 0.3) is 0 Å². The number of rotatable bonds is 8. The van der Waals surface area contributed by atoms with Crippen molar-refractivity contribution in [1.82, 2.24) is 5.32 Å². The van der Waals surface area contributed by atoms with Gasteiger partial charge in [-0.1, -0.05) is 30.3 Å². The van der Waals surface area contributed by atoms with Gasteiger partial charge in [0.15, 0.2) is 0 Å². The monoisotopic (exact) mass is 341 g/mol. The van der Waals surface area contributed by atoms with E-state index in [4.69, 9.17) is 9.84 Å². The van der Waals surface area contributed by atoms with Crippen LogP contribution in [-0.4, -0.2) is 29.6 Å². The molecule has 5 heteroatoms. The summed E-state index contributed by atoms with van der Waals surface area (Å²) in [5.74, 6) is -0.277. The van der Waals surface area contributed by atoms with Crippen molar-refractivity contribution in [2.45, 2.75) is 32.8 Å². The van der Waals surface area contributed by atoms with Crippen molar-refractivity contribution in [2.24, 2.45) is 0 Å². The first kappa shape index (κ1) is 18.5. The lowest BCUT2D eigenvalue weighted by Gasteiger charge is -2.14. The highest BCUT2D eigenvalue weighted by Crippen LogP contribution is 2.19. The van der Waals surface area contributed by atoms with Crippen LogP contribution in [0.3, 0.4) is 0 Å². The zero-order chi connectivity index (χ0) is 18.2. The second kappa shape index (κ2) is 8.87. The zero-order valence-electron chi connectivity index (χ0n) is 14.5. The van der Waals surface area contributed by atoms with Crippen LogP contribution < -0.4 is 10.1 Å². The van der Waals surface area contributed by atoms with Crippen LogP contribution in [0.1, 0.15) is 35.3 Å². The SMILES string of the molecule is CC(C)Oc1ccccc1CC(=O)NCCc1ccc(C(=O)O)cc1. The first-order chi connectivity index (χ1) is 12.0. The number of aromatic carboxylic acids is 1. The molecular formula is C20H23NO4. The Morgan fingerprint density at radius 1 is 1.08 bits per heavy atom. The van der Waals surface area contributed by atoms with E-state index in [2.05, 4.69) is 5.32 Å². The van der Waals surface area contributed by atoms with Crippen LogP contribution in [0.5, 0.6) is 5.75 Å². The van der Waals surface area contributed by atoms with Gasteiger partial charge in [0.2, 0.25) is 5.91 Å². The van der Waals surface area contributed by atoms with Crippen LogP contribution in [0.4, 0.5) is 0 Å². The van der Waals surface area contributed by atoms with E-state index >= 15 is 0 Å². The summed E-state index contributed by atoms with van der Waals surface area (Å²) >= 11 is 0. The van der Waals surface area contributed by atoms with Crippen molar-refractivity contribution < 1.29 is 19.4 Å². The third-order valence-corrected chi connectivity index (χ3v) is 3.62. The summed E-state index contributed by atoms with van der Waals surface area (Å²) in [4.78, 5) is 23.0. The molecule has 2 aromatic rings. The van der Waals surface area contributed by atoms with Gasteiger partial charge in [-0.3, -0.25) is 4.79 Å². The van der Waals surface area contributed by atoms with Crippen LogP contribution in [0.15, 0.2) is 48.5 Å². The fourth-order valence-corrected chi connectivity index (χ4v) is 2.41. The molecule has 5 nitrogen and oxygen atoms in total. The molecule has 25 heavy (non-hydrogen) atoms. The molecular weight excluding hydrogens is 318 g/mol. The minimum absolute atomic E-state index is 0.0537. The highest BCUT2D eigenvalue weighted by molar-refractivity contribution is 5.87. The normalized spacial score (nSPS) is 10.5. The number of hydrogen-bond donors (Lipinski definition) is 2. The van der Waals surface area contributed by atoms with Crippen LogP contribution in [-0.2, 0) is 17.6 Å². The molecule has 0 heterocycles. The Hall–Kier alpha value is -2.82. The highest BCUT2D eigenvalue weighted by Gasteiger charge is 2.09. The summed E-state index contributed by atoms with van der Waals surface area (Å²) in [6.45, 7) is 4.40. The van der Waals surface area contributed by atoms with E-state index in [9.17, 15) is 9.59 Å². The summed E-state index contributed by atoms with van der Waals surface area (Å²) < 4.78 is 5.72. The Bertz CT molecular complexity index is 723. The summed E-state index contributed by atoms with van der Waals surface area (Å²) in [5.41, 5.74) is 2.10. The van der Waals surface area contributed by atoms with Crippen LogP contribution in [0.25, 0.3) is 0 Å². The molecule has 132 valence electrons. The van der Waals surface area contributed by atoms with Gasteiger partial charge in [-0.05, 0) is 44.0 Å². The summed E-state index contributed by atoms with van der Waals surface area (Å²) in [6.07, 6.45) is 0.967. The van der Waals surface area contributed by atoms with Gasteiger partial charge in [-0.15, -0.1) is 0 Å². The van der Waals surface area contributed by atoms with E-state index in [1.54, 1.807) is 24.3 Å². The maximum absolute atomic E-state index is 12.1. The number of carboxylic acids is 1. The van der Waals surface area contributed by atoms with Crippen molar-refractivity contribution in [3.63, 3.8) is 0 Å². The largest absolute Gasteiger partial charge is 0.491 e. The average Bonchev–Trinajstić information content (AvgIpc) is 2.56. The first-order valence-corrected chi connectivity index (χ1v) is 8.29.